The van der Waals surface area contributed by atoms with Gasteiger partial charge in [-0.15, -0.1) is 0 Å². The highest BCUT2D eigenvalue weighted by atomic mass is 16.2. The second kappa shape index (κ2) is 9.80. The van der Waals surface area contributed by atoms with Crippen LogP contribution in [-0.4, -0.2) is 35.1 Å². The summed E-state index contributed by atoms with van der Waals surface area (Å²) in [6.07, 6.45) is 1.81. The number of likely N-dealkylation sites (tertiary alicyclic amines) is 1. The van der Waals surface area contributed by atoms with Gasteiger partial charge in [0, 0.05) is 16.9 Å². The van der Waals surface area contributed by atoms with Gasteiger partial charge in [0.2, 0.25) is 17.7 Å². The number of hydrogen-bond acceptors (Lipinski definition) is 4. The molecule has 7 nitrogen and oxygen atoms in total. The predicted octanol–water partition coefficient (Wildman–Crippen LogP) is 4.92. The minimum atomic E-state index is -0.434. The van der Waals surface area contributed by atoms with Gasteiger partial charge in [0.15, 0.2) is 0 Å². The Morgan fingerprint density at radius 1 is 0.795 bits per heavy atom. The molecular formula is C32H31N3O4. The Kier molecular flexibility index (Phi) is 6.29. The van der Waals surface area contributed by atoms with Crippen molar-refractivity contribution >= 4 is 35.0 Å². The molecule has 3 aromatic carbocycles. The first-order valence-corrected chi connectivity index (χ1v) is 13.5. The summed E-state index contributed by atoms with van der Waals surface area (Å²) >= 11 is 0. The molecule has 4 amide bonds. The van der Waals surface area contributed by atoms with Gasteiger partial charge in [-0.25, -0.2) is 0 Å². The molecule has 0 unspecified atom stereocenters. The first-order valence-electron chi connectivity index (χ1n) is 13.5. The van der Waals surface area contributed by atoms with Crippen molar-refractivity contribution in [1.82, 2.24) is 4.90 Å². The number of hydrogen-bond donors (Lipinski definition) is 2. The van der Waals surface area contributed by atoms with Crippen molar-refractivity contribution in [2.45, 2.75) is 32.6 Å². The van der Waals surface area contributed by atoms with Gasteiger partial charge in [-0.3, -0.25) is 24.1 Å². The number of carbonyl (C=O) groups is 4. The second-order valence-electron chi connectivity index (χ2n) is 11.1. The Labute approximate surface area is 227 Å². The van der Waals surface area contributed by atoms with E-state index in [2.05, 4.69) is 22.8 Å². The van der Waals surface area contributed by atoms with Crippen LogP contribution in [0.2, 0.25) is 0 Å². The summed E-state index contributed by atoms with van der Waals surface area (Å²) in [5.41, 5.74) is 5.13. The fourth-order valence-corrected chi connectivity index (χ4v) is 6.83. The van der Waals surface area contributed by atoms with Crippen molar-refractivity contribution in [2.24, 2.45) is 23.7 Å². The average molecular weight is 522 g/mol. The smallest absolute Gasteiger partial charge is 0.255 e. The number of benzene rings is 3. The Hall–Kier alpha value is -4.26. The molecule has 2 aliphatic carbocycles. The molecule has 3 aromatic rings. The fraction of sp³-hybridized carbons (Fsp3) is 0.312. The molecule has 0 spiro atoms. The topological polar surface area (TPSA) is 95.6 Å². The maximum Gasteiger partial charge on any atom is 0.255 e. The summed E-state index contributed by atoms with van der Waals surface area (Å²) < 4.78 is 0. The van der Waals surface area contributed by atoms with Crippen LogP contribution >= 0.6 is 0 Å². The summed E-state index contributed by atoms with van der Waals surface area (Å²) in [4.78, 5) is 53.2. The number of anilines is 2. The van der Waals surface area contributed by atoms with E-state index in [9.17, 15) is 19.2 Å². The van der Waals surface area contributed by atoms with E-state index in [0.717, 1.165) is 28.9 Å². The van der Waals surface area contributed by atoms with Gasteiger partial charge in [-0.1, -0.05) is 36.4 Å². The summed E-state index contributed by atoms with van der Waals surface area (Å²) in [6, 6.07) is 22.5. The van der Waals surface area contributed by atoms with Crippen molar-refractivity contribution in [3.05, 3.63) is 95.1 Å². The zero-order chi connectivity index (χ0) is 27.3. The predicted molar refractivity (Wildman–Crippen MR) is 148 cm³/mol. The van der Waals surface area contributed by atoms with Crippen LogP contribution < -0.4 is 10.6 Å². The number of aryl methyl sites for hydroxylation is 2. The van der Waals surface area contributed by atoms with Gasteiger partial charge in [0.1, 0.15) is 6.54 Å². The van der Waals surface area contributed by atoms with Gasteiger partial charge in [-0.2, -0.15) is 0 Å². The largest absolute Gasteiger partial charge is 0.325 e. The molecule has 0 radical (unpaired) electrons. The monoisotopic (exact) mass is 521 g/mol. The van der Waals surface area contributed by atoms with Crippen LogP contribution in [0.5, 0.6) is 0 Å². The van der Waals surface area contributed by atoms with E-state index in [1.807, 2.05) is 50.2 Å². The van der Waals surface area contributed by atoms with Gasteiger partial charge in [-0.05, 0) is 97.5 Å². The lowest BCUT2D eigenvalue weighted by atomic mass is 9.73. The van der Waals surface area contributed by atoms with E-state index in [-0.39, 0.29) is 53.9 Å². The summed E-state index contributed by atoms with van der Waals surface area (Å²) in [7, 11) is 0. The number of nitrogens with zero attached hydrogens (tertiary/aromatic N) is 1. The number of amides is 4. The van der Waals surface area contributed by atoms with Crippen molar-refractivity contribution in [3.8, 4) is 0 Å². The van der Waals surface area contributed by atoms with E-state index >= 15 is 0 Å². The number of fused-ring (bicyclic) bond motifs is 5. The van der Waals surface area contributed by atoms with E-state index in [4.69, 9.17) is 0 Å². The highest BCUT2D eigenvalue weighted by Crippen LogP contribution is 2.61. The Morgan fingerprint density at radius 2 is 1.49 bits per heavy atom. The third-order valence-corrected chi connectivity index (χ3v) is 8.83. The normalized spacial score (nSPS) is 25.1. The third-order valence-electron chi connectivity index (χ3n) is 8.83. The number of carbonyl (C=O) groups excluding carboxylic acids is 4. The van der Waals surface area contributed by atoms with E-state index in [1.165, 1.54) is 5.56 Å². The molecular weight excluding hydrogens is 490 g/mol. The van der Waals surface area contributed by atoms with E-state index < -0.39 is 5.91 Å². The van der Waals surface area contributed by atoms with Crippen molar-refractivity contribution in [2.75, 3.05) is 17.2 Å². The Bertz CT molecular complexity index is 1470. The summed E-state index contributed by atoms with van der Waals surface area (Å²) in [6.45, 7) is 3.71. The van der Waals surface area contributed by atoms with Crippen LogP contribution in [0.4, 0.5) is 11.4 Å². The maximum atomic E-state index is 13.3. The van der Waals surface area contributed by atoms with Crippen LogP contribution in [0, 0.1) is 37.5 Å². The molecule has 198 valence electrons. The number of imide groups is 1. The number of nitrogens with one attached hydrogen (secondary N) is 2. The second-order valence-corrected chi connectivity index (χ2v) is 11.1. The highest BCUT2D eigenvalue weighted by molar-refractivity contribution is 6.09. The molecule has 2 N–H and O–H groups in total. The van der Waals surface area contributed by atoms with Crippen LogP contribution in [0.3, 0.4) is 0 Å². The zero-order valence-electron chi connectivity index (χ0n) is 22.0. The molecule has 3 fully saturated rings. The maximum absolute atomic E-state index is 13.3. The van der Waals surface area contributed by atoms with Crippen LogP contribution in [0.1, 0.15) is 45.8 Å². The molecule has 7 heteroatoms. The van der Waals surface area contributed by atoms with E-state index in [0.29, 0.717) is 16.9 Å². The Balaban J connectivity index is 1.07. The van der Waals surface area contributed by atoms with E-state index in [1.54, 1.807) is 24.3 Å². The first kappa shape index (κ1) is 25.0. The lowest BCUT2D eigenvalue weighted by molar-refractivity contribution is -0.143. The molecule has 5 atom stereocenters. The molecule has 2 saturated carbocycles. The van der Waals surface area contributed by atoms with Crippen molar-refractivity contribution in [1.29, 1.82) is 0 Å². The van der Waals surface area contributed by atoms with Crippen LogP contribution in [0.25, 0.3) is 0 Å². The molecule has 1 saturated heterocycles. The molecule has 0 aromatic heterocycles. The van der Waals surface area contributed by atoms with Crippen LogP contribution in [0.15, 0.2) is 72.8 Å². The minimum absolute atomic E-state index is 0.148. The average Bonchev–Trinajstić information content (AvgIpc) is 3.60. The molecule has 3 aliphatic rings. The molecule has 1 aliphatic heterocycles. The minimum Gasteiger partial charge on any atom is -0.325 e. The lowest BCUT2D eigenvalue weighted by Gasteiger charge is -2.28. The molecule has 6 rings (SSSR count). The lowest BCUT2D eigenvalue weighted by Crippen LogP contribution is -2.39. The Morgan fingerprint density at radius 3 is 2.21 bits per heavy atom. The van der Waals surface area contributed by atoms with Crippen LogP contribution in [-0.2, 0) is 14.4 Å². The highest BCUT2D eigenvalue weighted by Gasteiger charge is 2.63. The molecule has 2 bridgehead atoms. The SMILES string of the molecule is Cc1ccc(NC(=O)c2ccc(NC(=O)CN3C(=O)[C@@H]4[C@@H]5C[C@@H]([C@H]4C3=O)[C@@H](c3ccccc3)C5)cc2)cc1C. The zero-order valence-corrected chi connectivity index (χ0v) is 22.0. The quantitative estimate of drug-likeness (QED) is 0.450. The standard InChI is InChI=1S/C32H31N3O4/c1-18-8-11-24(14-19(18)2)34-30(37)21-9-12-23(13-10-21)33-27(36)17-35-31(38)28-22-15-25(20-6-4-3-5-7-20)26(16-22)29(28)32(35)39/h3-14,22,25-26,28-29H,15-17H2,1-2H3,(H,33,36)(H,34,37)/t22-,25+,26+,28+,29+/m0/s1. The van der Waals surface area contributed by atoms with Gasteiger partial charge < -0.3 is 10.6 Å². The first-order chi connectivity index (χ1) is 18.8. The number of rotatable bonds is 6. The van der Waals surface area contributed by atoms with Gasteiger partial charge in [0.05, 0.1) is 11.8 Å². The molecule has 39 heavy (non-hydrogen) atoms. The fourth-order valence-electron chi connectivity index (χ4n) is 6.83. The molecule has 1 heterocycles. The van der Waals surface area contributed by atoms with Gasteiger partial charge >= 0.3 is 0 Å². The van der Waals surface area contributed by atoms with Gasteiger partial charge in [0.25, 0.3) is 5.91 Å². The van der Waals surface area contributed by atoms with Crippen molar-refractivity contribution < 1.29 is 19.2 Å². The third kappa shape index (κ3) is 4.52. The summed E-state index contributed by atoms with van der Waals surface area (Å²) in [5.74, 6) is -1.12. The van der Waals surface area contributed by atoms with Crippen molar-refractivity contribution in [3.63, 3.8) is 0 Å². The summed E-state index contributed by atoms with van der Waals surface area (Å²) in [5, 5.41) is 5.64.